The number of anilines is 1. The topological polar surface area (TPSA) is 96.0 Å². The smallest absolute Gasteiger partial charge is 0.244 e. The van der Waals surface area contributed by atoms with Gasteiger partial charge in [0.05, 0.1) is 18.6 Å². The van der Waals surface area contributed by atoms with Crippen LogP contribution in [0, 0.1) is 0 Å². The molecule has 0 spiro atoms. The molecule has 3 aromatic rings. The second-order valence-electron chi connectivity index (χ2n) is 10.8. The molecule has 3 aromatic carbocycles. The molecule has 0 aliphatic carbocycles. The Hall–Kier alpha value is -3.56. The van der Waals surface area contributed by atoms with E-state index in [1.54, 1.807) is 55.5 Å². The van der Waals surface area contributed by atoms with Gasteiger partial charge in [0.1, 0.15) is 18.3 Å². The fourth-order valence-electron chi connectivity index (χ4n) is 4.33. The van der Waals surface area contributed by atoms with E-state index in [1.807, 2.05) is 51.1 Å². The molecule has 1 atom stereocenters. The molecule has 0 heterocycles. The molecule has 0 saturated heterocycles. The van der Waals surface area contributed by atoms with Crippen LogP contribution in [-0.4, -0.2) is 56.1 Å². The molecule has 10 heteroatoms. The predicted octanol–water partition coefficient (Wildman–Crippen LogP) is 5.06. The first-order valence-electron chi connectivity index (χ1n) is 13.4. The van der Waals surface area contributed by atoms with Gasteiger partial charge in [-0.05, 0) is 63.1 Å². The van der Waals surface area contributed by atoms with Crippen molar-refractivity contribution in [3.63, 3.8) is 0 Å². The van der Waals surface area contributed by atoms with Crippen molar-refractivity contribution < 1.29 is 22.7 Å². The van der Waals surface area contributed by atoms with E-state index >= 15 is 0 Å². The van der Waals surface area contributed by atoms with Crippen LogP contribution in [0.3, 0.4) is 0 Å². The molecular weight excluding hydrogens is 562 g/mol. The Kier molecular flexibility index (Phi) is 10.8. The molecule has 0 aliphatic rings. The number of benzene rings is 3. The Morgan fingerprint density at radius 2 is 1.54 bits per heavy atom. The highest BCUT2D eigenvalue weighted by Gasteiger charge is 2.34. The third kappa shape index (κ3) is 9.50. The predicted molar refractivity (Wildman–Crippen MR) is 164 cm³/mol. The summed E-state index contributed by atoms with van der Waals surface area (Å²) < 4.78 is 32.8. The first kappa shape index (κ1) is 32.0. The normalized spacial score (nSPS) is 12.3. The van der Waals surface area contributed by atoms with Crippen molar-refractivity contribution in [1.29, 1.82) is 0 Å². The molecule has 1 N–H and O–H groups in total. The van der Waals surface area contributed by atoms with Gasteiger partial charge in [0.2, 0.25) is 21.8 Å². The van der Waals surface area contributed by atoms with Crippen LogP contribution in [0.15, 0.2) is 78.9 Å². The van der Waals surface area contributed by atoms with Crippen molar-refractivity contribution in [2.24, 2.45) is 0 Å². The summed E-state index contributed by atoms with van der Waals surface area (Å²) >= 11 is 6.10. The average Bonchev–Trinajstić information content (AvgIpc) is 2.90. The van der Waals surface area contributed by atoms with Crippen LogP contribution in [0.5, 0.6) is 5.75 Å². The van der Waals surface area contributed by atoms with E-state index < -0.39 is 34.1 Å². The molecule has 2 amide bonds. The maximum atomic E-state index is 14.2. The van der Waals surface area contributed by atoms with Gasteiger partial charge in [-0.1, -0.05) is 66.2 Å². The van der Waals surface area contributed by atoms with E-state index in [2.05, 4.69) is 5.32 Å². The number of carbonyl (C=O) groups is 2. The molecule has 220 valence electrons. The first-order chi connectivity index (χ1) is 19.3. The van der Waals surface area contributed by atoms with Crippen molar-refractivity contribution in [1.82, 2.24) is 10.2 Å². The molecule has 0 radical (unpaired) electrons. The summed E-state index contributed by atoms with van der Waals surface area (Å²) in [6.07, 6.45) is 1.27. The summed E-state index contributed by atoms with van der Waals surface area (Å²) in [5, 5.41) is 3.54. The molecule has 1 unspecified atom stereocenters. The molecule has 41 heavy (non-hydrogen) atoms. The minimum Gasteiger partial charge on any atom is -0.492 e. The molecule has 0 saturated carbocycles. The van der Waals surface area contributed by atoms with Crippen molar-refractivity contribution >= 4 is 39.1 Å². The van der Waals surface area contributed by atoms with E-state index in [0.717, 1.165) is 21.7 Å². The van der Waals surface area contributed by atoms with Crippen LogP contribution < -0.4 is 14.4 Å². The van der Waals surface area contributed by atoms with Crippen LogP contribution in [0.2, 0.25) is 5.02 Å². The van der Waals surface area contributed by atoms with Gasteiger partial charge in [0.15, 0.2) is 0 Å². The highest BCUT2D eigenvalue weighted by Crippen LogP contribution is 2.30. The number of hydrogen-bond acceptors (Lipinski definition) is 5. The van der Waals surface area contributed by atoms with Gasteiger partial charge < -0.3 is 15.0 Å². The maximum Gasteiger partial charge on any atom is 0.244 e. The monoisotopic (exact) mass is 599 g/mol. The third-order valence-electron chi connectivity index (χ3n) is 6.15. The molecule has 0 fully saturated rings. The van der Waals surface area contributed by atoms with Crippen molar-refractivity contribution in [3.05, 3.63) is 95.0 Å². The number of hydrogen-bond donors (Lipinski definition) is 1. The van der Waals surface area contributed by atoms with Gasteiger partial charge in [-0.25, -0.2) is 8.42 Å². The number of ether oxygens (including phenoxy) is 1. The zero-order valence-corrected chi connectivity index (χ0v) is 25.7. The van der Waals surface area contributed by atoms with Crippen LogP contribution in [-0.2, 0) is 32.6 Å². The van der Waals surface area contributed by atoms with Crippen LogP contribution in [0.1, 0.15) is 38.8 Å². The summed E-state index contributed by atoms with van der Waals surface area (Å²) in [6, 6.07) is 22.1. The van der Waals surface area contributed by atoms with Gasteiger partial charge in [-0.15, -0.1) is 0 Å². The zero-order valence-electron chi connectivity index (χ0n) is 24.1. The van der Waals surface area contributed by atoms with Gasteiger partial charge in [0, 0.05) is 23.5 Å². The Bertz CT molecular complexity index is 1420. The SMILES string of the molecule is CCOc1ccccc1N(CC(=O)N(Cc1ccc(Cl)cc1)C(Cc1ccccc1)C(=O)NC(C)(C)C)S(C)(=O)=O. The number of carbonyl (C=O) groups excluding carboxylic acids is 2. The number of sulfonamides is 1. The van der Waals surface area contributed by atoms with E-state index in [0.29, 0.717) is 17.4 Å². The minimum absolute atomic E-state index is 0.0653. The highest BCUT2D eigenvalue weighted by atomic mass is 35.5. The highest BCUT2D eigenvalue weighted by molar-refractivity contribution is 7.92. The number of halogens is 1. The van der Waals surface area contributed by atoms with Crippen molar-refractivity contribution in [3.8, 4) is 5.75 Å². The Morgan fingerprint density at radius 1 is 0.927 bits per heavy atom. The Morgan fingerprint density at radius 3 is 2.12 bits per heavy atom. The molecule has 3 rings (SSSR count). The van der Waals surface area contributed by atoms with Gasteiger partial charge in [-0.3, -0.25) is 13.9 Å². The van der Waals surface area contributed by atoms with E-state index in [9.17, 15) is 18.0 Å². The molecule has 8 nitrogen and oxygen atoms in total. The second kappa shape index (κ2) is 13.9. The number of nitrogens with one attached hydrogen (secondary N) is 1. The maximum absolute atomic E-state index is 14.2. The lowest BCUT2D eigenvalue weighted by atomic mass is 10.0. The number of amides is 2. The fourth-order valence-corrected chi connectivity index (χ4v) is 5.31. The summed E-state index contributed by atoms with van der Waals surface area (Å²) in [4.78, 5) is 29.4. The molecule has 0 bridgehead atoms. The minimum atomic E-state index is -3.91. The standard InChI is InChI=1S/C31H38ClN3O5S/c1-6-40-28-15-11-10-14-26(28)35(41(5,38)39)22-29(36)34(21-24-16-18-25(32)19-17-24)27(30(37)33-31(2,3)4)20-23-12-8-7-9-13-23/h7-19,27H,6,20-22H2,1-5H3,(H,33,37). The van der Waals surface area contributed by atoms with Crippen molar-refractivity contribution in [2.45, 2.75) is 52.2 Å². The van der Waals surface area contributed by atoms with Gasteiger partial charge in [-0.2, -0.15) is 0 Å². The second-order valence-corrected chi connectivity index (χ2v) is 13.1. The average molecular weight is 600 g/mol. The molecule has 0 aromatic heterocycles. The van der Waals surface area contributed by atoms with E-state index in [-0.39, 0.29) is 24.6 Å². The quantitative estimate of drug-likeness (QED) is 0.314. The first-order valence-corrected chi connectivity index (χ1v) is 15.6. The third-order valence-corrected chi connectivity index (χ3v) is 7.53. The Balaban J connectivity index is 2.09. The molecule has 0 aliphatic heterocycles. The van der Waals surface area contributed by atoms with Crippen LogP contribution in [0.4, 0.5) is 5.69 Å². The van der Waals surface area contributed by atoms with Crippen molar-refractivity contribution in [2.75, 3.05) is 23.7 Å². The van der Waals surface area contributed by atoms with E-state index in [1.165, 1.54) is 4.90 Å². The van der Waals surface area contributed by atoms with Crippen LogP contribution >= 0.6 is 11.6 Å². The summed E-state index contributed by atoms with van der Waals surface area (Å²) in [6.45, 7) is 7.25. The number of nitrogens with zero attached hydrogens (tertiary/aromatic N) is 2. The summed E-state index contributed by atoms with van der Waals surface area (Å²) in [7, 11) is -3.91. The summed E-state index contributed by atoms with van der Waals surface area (Å²) in [5.41, 5.74) is 1.29. The fraction of sp³-hybridized carbons (Fsp3) is 0.355. The van der Waals surface area contributed by atoms with Crippen LogP contribution in [0.25, 0.3) is 0 Å². The van der Waals surface area contributed by atoms with Gasteiger partial charge >= 0.3 is 0 Å². The lowest BCUT2D eigenvalue weighted by molar-refractivity contribution is -0.140. The van der Waals surface area contributed by atoms with Gasteiger partial charge in [0.25, 0.3) is 0 Å². The largest absolute Gasteiger partial charge is 0.492 e. The van der Waals surface area contributed by atoms with E-state index in [4.69, 9.17) is 16.3 Å². The number of rotatable bonds is 12. The Labute approximate surface area is 248 Å². The lowest BCUT2D eigenvalue weighted by Crippen LogP contribution is -2.56. The lowest BCUT2D eigenvalue weighted by Gasteiger charge is -2.35. The summed E-state index contributed by atoms with van der Waals surface area (Å²) in [5.74, 6) is -0.547. The zero-order chi connectivity index (χ0) is 30.2. The number of para-hydroxylation sites is 2. The molecular formula is C31H38ClN3O5S.